The summed E-state index contributed by atoms with van der Waals surface area (Å²) in [5, 5.41) is 1.72. The summed E-state index contributed by atoms with van der Waals surface area (Å²) in [5.41, 5.74) is 0.961. The number of benzene rings is 1. The van der Waals surface area contributed by atoms with Crippen LogP contribution in [0, 0.1) is 6.92 Å². The number of carbonyl (C=O) groups excluding carboxylic acids is 1. The lowest BCUT2D eigenvalue weighted by Gasteiger charge is -2.36. The summed E-state index contributed by atoms with van der Waals surface area (Å²) in [7, 11) is -7.32. The molecule has 0 N–H and O–H groups in total. The Bertz CT molecular complexity index is 1140. The first-order valence-corrected chi connectivity index (χ1v) is 13.9. The van der Waals surface area contributed by atoms with Crippen molar-refractivity contribution >= 4 is 37.3 Å². The van der Waals surface area contributed by atoms with E-state index in [1.165, 1.54) is 19.9 Å². The van der Waals surface area contributed by atoms with Crippen molar-refractivity contribution in [3.63, 3.8) is 0 Å². The van der Waals surface area contributed by atoms with Crippen LogP contribution in [0.3, 0.4) is 0 Å². The molecule has 2 aliphatic rings. The molecule has 1 aromatic heterocycles. The second-order valence-corrected chi connectivity index (χ2v) is 12.8. The van der Waals surface area contributed by atoms with E-state index in [9.17, 15) is 21.6 Å². The van der Waals surface area contributed by atoms with Crippen LogP contribution in [0.5, 0.6) is 0 Å². The third kappa shape index (κ3) is 4.29. The number of carbonyl (C=O) groups is 1. The van der Waals surface area contributed by atoms with Gasteiger partial charge in [-0.25, -0.2) is 16.8 Å². The van der Waals surface area contributed by atoms with Crippen molar-refractivity contribution in [1.29, 1.82) is 0 Å². The molecule has 2 saturated heterocycles. The molecule has 11 heteroatoms. The van der Waals surface area contributed by atoms with Crippen LogP contribution in [0.4, 0.5) is 0 Å². The molecule has 0 spiro atoms. The lowest BCUT2D eigenvalue weighted by Crippen LogP contribution is -2.55. The number of amides is 1. The second kappa shape index (κ2) is 8.62. The molecule has 0 bridgehead atoms. The third-order valence-electron chi connectivity index (χ3n) is 5.76. The molecule has 1 aromatic carbocycles. The maximum Gasteiger partial charge on any atom is 0.252 e. The summed E-state index contributed by atoms with van der Waals surface area (Å²) >= 11 is 1.17. The molecule has 2 aromatic rings. The van der Waals surface area contributed by atoms with E-state index in [2.05, 4.69) is 0 Å². The standard InChI is InChI=1S/C20H25N3O5S3/c1-16-6-8-17(9-7-16)30(25,26)23-10-2-4-18(23)20(24)21-11-13-22(14-12-21)31(27,28)19-5-3-15-29-19/h3,5-9,15,18H,2,4,10-14H2,1H3/t18-/m0/s1. The van der Waals surface area contributed by atoms with E-state index >= 15 is 0 Å². The topological polar surface area (TPSA) is 95.1 Å². The number of nitrogens with zero attached hydrogens (tertiary/aromatic N) is 3. The van der Waals surface area contributed by atoms with Crippen molar-refractivity contribution in [3.8, 4) is 0 Å². The Kier molecular flexibility index (Phi) is 6.23. The average molecular weight is 484 g/mol. The number of hydrogen-bond donors (Lipinski definition) is 0. The van der Waals surface area contributed by atoms with Gasteiger partial charge >= 0.3 is 0 Å². The van der Waals surface area contributed by atoms with Crippen molar-refractivity contribution < 1.29 is 21.6 Å². The molecule has 31 heavy (non-hydrogen) atoms. The molecule has 2 aliphatic heterocycles. The van der Waals surface area contributed by atoms with Gasteiger partial charge in [0, 0.05) is 32.7 Å². The van der Waals surface area contributed by atoms with Gasteiger partial charge in [-0.1, -0.05) is 23.8 Å². The summed E-state index contributed by atoms with van der Waals surface area (Å²) in [6, 6.07) is 9.15. The molecule has 4 rings (SSSR count). The Hall–Kier alpha value is -1.79. The van der Waals surface area contributed by atoms with Crippen LogP contribution >= 0.6 is 11.3 Å². The largest absolute Gasteiger partial charge is 0.339 e. The fourth-order valence-corrected chi connectivity index (χ4v) is 8.23. The van der Waals surface area contributed by atoms with Gasteiger partial charge in [0.2, 0.25) is 15.9 Å². The van der Waals surface area contributed by atoms with Crippen LogP contribution in [0.2, 0.25) is 0 Å². The second-order valence-electron chi connectivity index (χ2n) is 7.75. The molecular weight excluding hydrogens is 458 g/mol. The number of hydrogen-bond acceptors (Lipinski definition) is 6. The molecule has 3 heterocycles. The van der Waals surface area contributed by atoms with Crippen molar-refractivity contribution in [2.45, 2.75) is 34.9 Å². The quantitative estimate of drug-likeness (QED) is 0.646. The molecule has 2 fully saturated rings. The first-order chi connectivity index (χ1) is 14.7. The van der Waals surface area contributed by atoms with Gasteiger partial charge in [-0.15, -0.1) is 11.3 Å². The fourth-order valence-electron chi connectivity index (χ4n) is 4.02. The summed E-state index contributed by atoms with van der Waals surface area (Å²) in [6.07, 6.45) is 1.09. The lowest BCUT2D eigenvalue weighted by molar-refractivity contribution is -0.135. The van der Waals surface area contributed by atoms with Crippen LogP contribution in [0.25, 0.3) is 0 Å². The van der Waals surface area contributed by atoms with Gasteiger partial charge in [0.1, 0.15) is 10.3 Å². The minimum absolute atomic E-state index is 0.185. The summed E-state index contributed by atoms with van der Waals surface area (Å²) in [4.78, 5) is 15.0. The van der Waals surface area contributed by atoms with Gasteiger partial charge in [-0.3, -0.25) is 4.79 Å². The highest BCUT2D eigenvalue weighted by Crippen LogP contribution is 2.28. The molecule has 0 aliphatic carbocycles. The molecule has 8 nitrogen and oxygen atoms in total. The molecule has 1 amide bonds. The highest BCUT2D eigenvalue weighted by Gasteiger charge is 2.42. The SMILES string of the molecule is Cc1ccc(S(=O)(=O)N2CCC[C@H]2C(=O)N2CCN(S(=O)(=O)c3cccs3)CC2)cc1. The van der Waals surface area contributed by atoms with Crippen molar-refractivity contribution in [3.05, 3.63) is 47.3 Å². The van der Waals surface area contributed by atoms with Gasteiger partial charge in [0.15, 0.2) is 0 Å². The molecule has 0 radical (unpaired) electrons. The Morgan fingerprint density at radius 3 is 2.23 bits per heavy atom. The van der Waals surface area contributed by atoms with E-state index in [0.717, 1.165) is 5.56 Å². The van der Waals surface area contributed by atoms with Crippen LogP contribution < -0.4 is 0 Å². The van der Waals surface area contributed by atoms with Crippen molar-refractivity contribution in [2.24, 2.45) is 0 Å². The van der Waals surface area contributed by atoms with E-state index in [-0.39, 0.29) is 37.0 Å². The van der Waals surface area contributed by atoms with Gasteiger partial charge in [0.05, 0.1) is 4.90 Å². The molecular formula is C20H25N3O5S3. The molecule has 168 valence electrons. The monoisotopic (exact) mass is 483 g/mol. The Balaban J connectivity index is 1.45. The Labute approximate surface area is 187 Å². The van der Waals surface area contributed by atoms with Crippen molar-refractivity contribution in [1.82, 2.24) is 13.5 Å². The predicted molar refractivity (Wildman–Crippen MR) is 118 cm³/mol. The van der Waals surface area contributed by atoms with E-state index in [0.29, 0.717) is 23.6 Å². The van der Waals surface area contributed by atoms with E-state index < -0.39 is 26.1 Å². The molecule has 1 atom stereocenters. The minimum Gasteiger partial charge on any atom is -0.339 e. The normalized spacial score (nSPS) is 21.5. The van der Waals surface area contributed by atoms with E-state index in [4.69, 9.17) is 0 Å². The zero-order valence-electron chi connectivity index (χ0n) is 17.2. The number of rotatable bonds is 5. The number of sulfonamides is 2. The van der Waals surface area contributed by atoms with Crippen LogP contribution in [-0.4, -0.2) is 75.0 Å². The zero-order valence-corrected chi connectivity index (χ0v) is 19.6. The van der Waals surface area contributed by atoms with Crippen LogP contribution in [0.1, 0.15) is 18.4 Å². The summed E-state index contributed by atoms with van der Waals surface area (Å²) in [6.45, 7) is 3.08. The van der Waals surface area contributed by atoms with Crippen LogP contribution in [-0.2, 0) is 24.8 Å². The average Bonchev–Trinajstić information content (AvgIpc) is 3.46. The molecule has 0 saturated carbocycles. The maximum atomic E-state index is 13.2. The summed E-state index contributed by atoms with van der Waals surface area (Å²) in [5.74, 6) is -0.249. The number of aryl methyl sites for hydroxylation is 1. The first-order valence-electron chi connectivity index (χ1n) is 10.1. The smallest absolute Gasteiger partial charge is 0.252 e. The van der Waals surface area contributed by atoms with E-state index in [1.807, 2.05) is 6.92 Å². The van der Waals surface area contributed by atoms with Gasteiger partial charge < -0.3 is 4.90 Å². The van der Waals surface area contributed by atoms with Gasteiger partial charge in [-0.2, -0.15) is 8.61 Å². The highest BCUT2D eigenvalue weighted by molar-refractivity contribution is 7.91. The zero-order chi connectivity index (χ0) is 22.2. The number of thiophene rings is 1. The van der Waals surface area contributed by atoms with E-state index in [1.54, 1.807) is 46.7 Å². The first kappa shape index (κ1) is 22.4. The predicted octanol–water partition coefficient (Wildman–Crippen LogP) is 1.74. The lowest BCUT2D eigenvalue weighted by atomic mass is 10.2. The maximum absolute atomic E-state index is 13.2. The van der Waals surface area contributed by atoms with Crippen molar-refractivity contribution in [2.75, 3.05) is 32.7 Å². The Morgan fingerprint density at radius 1 is 0.935 bits per heavy atom. The molecule has 0 unspecified atom stereocenters. The minimum atomic E-state index is -3.77. The van der Waals surface area contributed by atoms with Gasteiger partial charge in [0.25, 0.3) is 10.0 Å². The summed E-state index contributed by atoms with van der Waals surface area (Å²) < 4.78 is 54.6. The van der Waals surface area contributed by atoms with Gasteiger partial charge in [-0.05, 0) is 43.3 Å². The highest BCUT2D eigenvalue weighted by atomic mass is 32.2. The fraction of sp³-hybridized carbons (Fsp3) is 0.450. The number of piperazine rings is 1. The Morgan fingerprint density at radius 2 is 1.61 bits per heavy atom. The third-order valence-corrected chi connectivity index (χ3v) is 10.9. The van der Waals surface area contributed by atoms with Crippen LogP contribution in [0.15, 0.2) is 50.9 Å².